The lowest BCUT2D eigenvalue weighted by atomic mass is 10.2. The van der Waals surface area contributed by atoms with Crippen molar-refractivity contribution >= 4 is 23.4 Å². The fourth-order valence-corrected chi connectivity index (χ4v) is 0.989. The molecule has 0 spiro atoms. The summed E-state index contributed by atoms with van der Waals surface area (Å²) in [6, 6.07) is 1.79. The highest BCUT2D eigenvalue weighted by molar-refractivity contribution is 6.31. The first kappa shape index (κ1) is 10.0. The fourth-order valence-electron chi connectivity index (χ4n) is 0.886. The van der Waals surface area contributed by atoms with Crippen molar-refractivity contribution in [1.82, 2.24) is 10.3 Å². The Hall–Kier alpha value is -1.06. The Morgan fingerprint density at radius 2 is 2.46 bits per heavy atom. The molecule has 3 nitrogen and oxygen atoms in total. The number of halogens is 1. The lowest BCUT2D eigenvalue weighted by Gasteiger charge is -1.97. The van der Waals surface area contributed by atoms with Gasteiger partial charge in [-0.15, -0.1) is 0 Å². The Balaban J connectivity index is 2.73. The molecule has 0 aliphatic carbocycles. The molecule has 70 valence electrons. The van der Waals surface area contributed by atoms with Crippen LogP contribution in [-0.2, 0) is 0 Å². The number of hydrogen-bond acceptors (Lipinski definition) is 3. The average Bonchev–Trinajstić information content (AvgIpc) is 2.12. The summed E-state index contributed by atoms with van der Waals surface area (Å²) in [5.41, 5.74) is 7.04. The monoisotopic (exact) mass is 197 g/mol. The largest absolute Gasteiger partial charge is 0.396 e. The van der Waals surface area contributed by atoms with E-state index in [1.54, 1.807) is 12.3 Å². The van der Waals surface area contributed by atoms with E-state index in [4.69, 9.17) is 17.3 Å². The molecular formula is C9H12ClN3. The van der Waals surface area contributed by atoms with Crippen molar-refractivity contribution in [2.75, 3.05) is 19.3 Å². The quantitative estimate of drug-likeness (QED) is 0.723. The van der Waals surface area contributed by atoms with Gasteiger partial charge in [-0.1, -0.05) is 23.8 Å². The second-order valence-corrected chi connectivity index (χ2v) is 2.97. The molecule has 0 saturated carbocycles. The molecule has 1 aromatic heterocycles. The Kier molecular flexibility index (Phi) is 3.73. The summed E-state index contributed by atoms with van der Waals surface area (Å²) in [5, 5.41) is 3.35. The summed E-state index contributed by atoms with van der Waals surface area (Å²) < 4.78 is 0. The number of nitrogen functional groups attached to an aromatic ring is 1. The predicted octanol–water partition coefficient (Wildman–Crippen LogP) is 1.55. The van der Waals surface area contributed by atoms with E-state index >= 15 is 0 Å². The summed E-state index contributed by atoms with van der Waals surface area (Å²) in [7, 11) is 1.89. The minimum atomic E-state index is 0.353. The van der Waals surface area contributed by atoms with Gasteiger partial charge in [-0.2, -0.15) is 0 Å². The van der Waals surface area contributed by atoms with Gasteiger partial charge in [0.1, 0.15) is 0 Å². The van der Waals surface area contributed by atoms with E-state index in [0.717, 1.165) is 12.1 Å². The number of nitrogens with two attached hydrogens (primary N) is 1. The predicted molar refractivity (Wildman–Crippen MR) is 56.6 cm³/mol. The Labute approximate surface area is 82.6 Å². The van der Waals surface area contributed by atoms with E-state index in [-0.39, 0.29) is 0 Å². The topological polar surface area (TPSA) is 50.9 Å². The van der Waals surface area contributed by atoms with Gasteiger partial charge < -0.3 is 11.1 Å². The maximum Gasteiger partial charge on any atom is 0.151 e. The molecule has 3 N–H and O–H groups in total. The lowest BCUT2D eigenvalue weighted by Crippen LogP contribution is -2.03. The Bertz CT molecular complexity index is 310. The zero-order chi connectivity index (χ0) is 9.68. The van der Waals surface area contributed by atoms with Crippen LogP contribution < -0.4 is 11.1 Å². The van der Waals surface area contributed by atoms with Crippen molar-refractivity contribution in [3.05, 3.63) is 29.1 Å². The van der Waals surface area contributed by atoms with Crippen molar-refractivity contribution in [3.63, 3.8) is 0 Å². The van der Waals surface area contributed by atoms with E-state index in [9.17, 15) is 0 Å². The molecular weight excluding hydrogens is 186 g/mol. The number of hydrogen-bond donors (Lipinski definition) is 2. The normalized spacial score (nSPS) is 10.9. The number of anilines is 1. The summed E-state index contributed by atoms with van der Waals surface area (Å²) in [6.45, 7) is 0.822. The molecule has 4 heteroatoms. The van der Waals surface area contributed by atoms with Crippen molar-refractivity contribution < 1.29 is 0 Å². The zero-order valence-corrected chi connectivity index (χ0v) is 8.17. The van der Waals surface area contributed by atoms with Crippen LogP contribution in [-0.4, -0.2) is 18.6 Å². The van der Waals surface area contributed by atoms with Crippen LogP contribution in [0.2, 0.25) is 5.15 Å². The van der Waals surface area contributed by atoms with E-state index in [2.05, 4.69) is 10.3 Å². The maximum absolute atomic E-state index is 5.67. The molecule has 0 aromatic carbocycles. The minimum Gasteiger partial charge on any atom is -0.396 e. The average molecular weight is 198 g/mol. The number of aromatic nitrogens is 1. The van der Waals surface area contributed by atoms with Gasteiger partial charge >= 0.3 is 0 Å². The Morgan fingerprint density at radius 3 is 3.08 bits per heavy atom. The third-order valence-corrected chi connectivity index (χ3v) is 1.84. The van der Waals surface area contributed by atoms with Crippen molar-refractivity contribution in [2.45, 2.75) is 0 Å². The van der Waals surface area contributed by atoms with Gasteiger partial charge in [0.05, 0.1) is 5.69 Å². The van der Waals surface area contributed by atoms with E-state index in [0.29, 0.717) is 10.8 Å². The Morgan fingerprint density at radius 1 is 1.69 bits per heavy atom. The summed E-state index contributed by atoms with van der Waals surface area (Å²) in [6.07, 6.45) is 5.62. The molecule has 13 heavy (non-hydrogen) atoms. The fraction of sp³-hybridized carbons (Fsp3) is 0.222. The van der Waals surface area contributed by atoms with Crippen LogP contribution >= 0.6 is 11.6 Å². The van der Waals surface area contributed by atoms with Gasteiger partial charge in [0.15, 0.2) is 5.15 Å². The molecule has 0 fully saturated rings. The summed E-state index contributed by atoms with van der Waals surface area (Å²) in [5.74, 6) is 0. The molecule has 0 bridgehead atoms. The molecule has 0 unspecified atom stereocenters. The number of nitrogens with zero attached hydrogens (tertiary/aromatic N) is 1. The van der Waals surface area contributed by atoms with Crippen LogP contribution in [0, 0.1) is 0 Å². The van der Waals surface area contributed by atoms with Crippen molar-refractivity contribution in [3.8, 4) is 0 Å². The molecule has 0 amide bonds. The molecule has 1 aromatic rings. The number of nitrogens with one attached hydrogen (secondary N) is 1. The molecule has 0 radical (unpaired) electrons. The molecule has 0 aliphatic rings. The van der Waals surface area contributed by atoms with Crippen LogP contribution in [0.25, 0.3) is 6.08 Å². The third kappa shape index (κ3) is 3.05. The highest BCUT2D eigenvalue weighted by atomic mass is 35.5. The van der Waals surface area contributed by atoms with E-state index in [1.807, 2.05) is 19.2 Å². The molecule has 0 atom stereocenters. The second-order valence-electron chi connectivity index (χ2n) is 2.61. The highest BCUT2D eigenvalue weighted by Crippen LogP contribution is 2.16. The lowest BCUT2D eigenvalue weighted by molar-refractivity contribution is 0.922. The van der Waals surface area contributed by atoms with Crippen LogP contribution in [0.4, 0.5) is 5.69 Å². The van der Waals surface area contributed by atoms with Crippen molar-refractivity contribution in [1.29, 1.82) is 0 Å². The summed E-state index contributed by atoms with van der Waals surface area (Å²) in [4.78, 5) is 3.93. The first-order valence-electron chi connectivity index (χ1n) is 3.96. The van der Waals surface area contributed by atoms with Crippen LogP contribution in [0.5, 0.6) is 0 Å². The first-order valence-corrected chi connectivity index (χ1v) is 4.34. The van der Waals surface area contributed by atoms with Crippen LogP contribution in [0.1, 0.15) is 5.56 Å². The molecule has 0 aliphatic heterocycles. The van der Waals surface area contributed by atoms with Crippen LogP contribution in [0.15, 0.2) is 18.3 Å². The third-order valence-electron chi connectivity index (χ3n) is 1.52. The van der Waals surface area contributed by atoms with Gasteiger partial charge in [-0.25, -0.2) is 4.98 Å². The highest BCUT2D eigenvalue weighted by Gasteiger charge is 1.95. The van der Waals surface area contributed by atoms with Gasteiger partial charge in [0, 0.05) is 12.7 Å². The SMILES string of the molecule is CNCC=Cc1cnc(Cl)c(N)c1. The molecule has 0 saturated heterocycles. The van der Waals surface area contributed by atoms with Gasteiger partial charge in [-0.3, -0.25) is 0 Å². The zero-order valence-electron chi connectivity index (χ0n) is 7.42. The standard InChI is InChI=1S/C9H12ClN3/c1-12-4-2-3-7-5-8(11)9(10)13-6-7/h2-3,5-6,12H,4,11H2,1H3. The van der Waals surface area contributed by atoms with Gasteiger partial charge in [0.25, 0.3) is 0 Å². The smallest absolute Gasteiger partial charge is 0.151 e. The molecule has 1 heterocycles. The van der Waals surface area contributed by atoms with E-state index < -0.39 is 0 Å². The van der Waals surface area contributed by atoms with Crippen molar-refractivity contribution in [2.24, 2.45) is 0 Å². The maximum atomic E-state index is 5.67. The number of likely N-dealkylation sites (N-methyl/N-ethyl adjacent to an activating group) is 1. The number of pyridine rings is 1. The number of rotatable bonds is 3. The van der Waals surface area contributed by atoms with Crippen LogP contribution in [0.3, 0.4) is 0 Å². The van der Waals surface area contributed by atoms with E-state index in [1.165, 1.54) is 0 Å². The van der Waals surface area contributed by atoms with Gasteiger partial charge in [0.2, 0.25) is 0 Å². The second kappa shape index (κ2) is 4.84. The molecule has 1 rings (SSSR count). The minimum absolute atomic E-state index is 0.353. The summed E-state index contributed by atoms with van der Waals surface area (Å²) >= 11 is 5.67. The first-order chi connectivity index (χ1) is 6.24. The van der Waals surface area contributed by atoms with Gasteiger partial charge in [-0.05, 0) is 18.7 Å².